The third-order valence-corrected chi connectivity index (χ3v) is 5.48. The average molecular weight is 252 g/mol. The highest BCUT2D eigenvalue weighted by Gasteiger charge is 2.53. The number of nitrogens with two attached hydrogens (primary N) is 1. The monoisotopic (exact) mass is 252 g/mol. The van der Waals surface area contributed by atoms with Gasteiger partial charge in [-0.05, 0) is 68.6 Å². The van der Waals surface area contributed by atoms with Crippen LogP contribution in [-0.2, 0) is 9.63 Å². The maximum atomic E-state index is 10.7. The molecule has 0 radical (unpaired) electrons. The number of carbonyl (C=O) groups excluding carboxylic acids is 1. The molecular weight excluding hydrogens is 228 g/mol. The van der Waals surface area contributed by atoms with Gasteiger partial charge < -0.3 is 5.73 Å². The Bertz CT molecular complexity index is 307. The van der Waals surface area contributed by atoms with Crippen molar-refractivity contribution in [3.63, 3.8) is 0 Å². The Labute approximate surface area is 109 Å². The average Bonchev–Trinajstić information content (AvgIpc) is 2.26. The lowest BCUT2D eigenvalue weighted by Gasteiger charge is -2.58. The van der Waals surface area contributed by atoms with Crippen LogP contribution < -0.4 is 11.2 Å². The first-order valence-electron chi connectivity index (χ1n) is 7.23. The molecule has 4 aliphatic carbocycles. The molecule has 4 fully saturated rings. The van der Waals surface area contributed by atoms with Crippen molar-refractivity contribution in [1.29, 1.82) is 0 Å². The fraction of sp³-hybridized carbons (Fsp3) is 0.929. The molecule has 0 spiro atoms. The minimum Gasteiger partial charge on any atom is -0.368 e. The van der Waals surface area contributed by atoms with E-state index in [-0.39, 0.29) is 6.61 Å². The van der Waals surface area contributed by atoms with E-state index in [9.17, 15) is 4.79 Å². The second-order valence-electron chi connectivity index (χ2n) is 6.87. The van der Waals surface area contributed by atoms with Gasteiger partial charge in [-0.2, -0.15) is 5.48 Å². The van der Waals surface area contributed by atoms with E-state index in [0.717, 1.165) is 17.8 Å². The SMILES string of the molecule is CC(NOCC(N)=O)C12CC3CC(CC(C3)C1)C2. The first-order valence-corrected chi connectivity index (χ1v) is 7.23. The predicted molar refractivity (Wildman–Crippen MR) is 68.3 cm³/mol. The van der Waals surface area contributed by atoms with Gasteiger partial charge in [0.2, 0.25) is 5.91 Å². The first-order chi connectivity index (χ1) is 8.57. The van der Waals surface area contributed by atoms with Gasteiger partial charge in [0, 0.05) is 6.04 Å². The maximum absolute atomic E-state index is 10.7. The van der Waals surface area contributed by atoms with Crippen LogP contribution in [0.5, 0.6) is 0 Å². The zero-order valence-electron chi connectivity index (χ0n) is 11.2. The minimum absolute atomic E-state index is 0.0310. The third-order valence-electron chi connectivity index (χ3n) is 5.48. The number of carbonyl (C=O) groups is 1. The van der Waals surface area contributed by atoms with Gasteiger partial charge in [0.1, 0.15) is 6.61 Å². The summed E-state index contributed by atoms with van der Waals surface area (Å²) in [5.41, 5.74) is 8.56. The molecule has 4 heteroatoms. The van der Waals surface area contributed by atoms with Gasteiger partial charge >= 0.3 is 0 Å². The molecule has 0 aromatic carbocycles. The Hall–Kier alpha value is -0.610. The maximum Gasteiger partial charge on any atom is 0.245 e. The molecule has 3 N–H and O–H groups in total. The summed E-state index contributed by atoms with van der Waals surface area (Å²) in [7, 11) is 0. The molecule has 1 amide bonds. The summed E-state index contributed by atoms with van der Waals surface area (Å²) in [6.07, 6.45) is 8.38. The van der Waals surface area contributed by atoms with Crippen LogP contribution in [0.25, 0.3) is 0 Å². The van der Waals surface area contributed by atoms with Crippen molar-refractivity contribution in [3.05, 3.63) is 0 Å². The summed E-state index contributed by atoms with van der Waals surface area (Å²) >= 11 is 0. The lowest BCUT2D eigenvalue weighted by atomic mass is 9.48. The summed E-state index contributed by atoms with van der Waals surface area (Å²) in [6, 6.07) is 0.324. The summed E-state index contributed by atoms with van der Waals surface area (Å²) < 4.78 is 0. The molecule has 0 aromatic heterocycles. The van der Waals surface area contributed by atoms with Crippen molar-refractivity contribution in [2.75, 3.05) is 6.61 Å². The van der Waals surface area contributed by atoms with Gasteiger partial charge in [0.15, 0.2) is 0 Å². The molecular formula is C14H24N2O2. The fourth-order valence-electron chi connectivity index (χ4n) is 5.07. The van der Waals surface area contributed by atoms with Crippen LogP contribution in [0.1, 0.15) is 45.4 Å². The van der Waals surface area contributed by atoms with E-state index in [1.165, 1.54) is 38.5 Å². The molecule has 1 unspecified atom stereocenters. The van der Waals surface area contributed by atoms with Crippen LogP contribution in [-0.4, -0.2) is 18.6 Å². The van der Waals surface area contributed by atoms with Crippen LogP contribution >= 0.6 is 0 Å². The lowest BCUT2D eigenvalue weighted by molar-refractivity contribution is -0.133. The fourth-order valence-corrected chi connectivity index (χ4v) is 5.07. The summed E-state index contributed by atoms with van der Waals surface area (Å²) in [6.45, 7) is 2.17. The molecule has 0 saturated heterocycles. The largest absolute Gasteiger partial charge is 0.368 e. The number of hydrogen-bond acceptors (Lipinski definition) is 3. The molecule has 4 nitrogen and oxygen atoms in total. The number of primary amides is 1. The summed E-state index contributed by atoms with van der Waals surface area (Å²) in [5.74, 6) is 2.41. The molecule has 102 valence electrons. The summed E-state index contributed by atoms with van der Waals surface area (Å²) in [5, 5.41) is 0. The summed E-state index contributed by atoms with van der Waals surface area (Å²) in [4.78, 5) is 15.9. The molecule has 4 aliphatic rings. The first kappa shape index (κ1) is 12.4. The van der Waals surface area contributed by atoms with Gasteiger partial charge in [-0.3, -0.25) is 9.63 Å². The minimum atomic E-state index is -0.416. The zero-order valence-corrected chi connectivity index (χ0v) is 11.2. The Kier molecular flexibility index (Phi) is 3.10. The van der Waals surface area contributed by atoms with E-state index in [0.29, 0.717) is 11.5 Å². The molecule has 0 aromatic rings. The van der Waals surface area contributed by atoms with Crippen LogP contribution in [0.2, 0.25) is 0 Å². The molecule has 1 atom stereocenters. The Morgan fingerprint density at radius 1 is 1.28 bits per heavy atom. The Balaban J connectivity index is 1.62. The number of rotatable bonds is 5. The van der Waals surface area contributed by atoms with Crippen molar-refractivity contribution >= 4 is 5.91 Å². The molecule has 4 saturated carbocycles. The van der Waals surface area contributed by atoms with Crippen molar-refractivity contribution in [3.8, 4) is 0 Å². The highest BCUT2D eigenvalue weighted by molar-refractivity contribution is 5.74. The van der Waals surface area contributed by atoms with E-state index < -0.39 is 5.91 Å². The van der Waals surface area contributed by atoms with E-state index in [1.807, 2.05) is 0 Å². The molecule has 4 bridgehead atoms. The van der Waals surface area contributed by atoms with Gasteiger partial charge in [0.25, 0.3) is 0 Å². The Morgan fingerprint density at radius 2 is 1.78 bits per heavy atom. The van der Waals surface area contributed by atoms with Crippen molar-refractivity contribution in [2.24, 2.45) is 28.9 Å². The Morgan fingerprint density at radius 3 is 2.22 bits per heavy atom. The molecule has 18 heavy (non-hydrogen) atoms. The van der Waals surface area contributed by atoms with Crippen molar-refractivity contribution < 1.29 is 9.63 Å². The quantitative estimate of drug-likeness (QED) is 0.730. The second-order valence-corrected chi connectivity index (χ2v) is 6.87. The van der Waals surface area contributed by atoms with E-state index >= 15 is 0 Å². The smallest absolute Gasteiger partial charge is 0.245 e. The van der Waals surface area contributed by atoms with Crippen LogP contribution in [0, 0.1) is 23.2 Å². The highest BCUT2D eigenvalue weighted by Crippen LogP contribution is 2.61. The van der Waals surface area contributed by atoms with Gasteiger partial charge in [-0.1, -0.05) is 0 Å². The van der Waals surface area contributed by atoms with Gasteiger partial charge in [-0.25, -0.2) is 0 Å². The normalized spacial score (nSPS) is 43.1. The molecule has 4 rings (SSSR count). The number of amides is 1. The standard InChI is InChI=1S/C14H24N2O2/c1-9(16-18-8-13(15)17)14-5-10-2-11(6-14)4-12(3-10)7-14/h9-12,16H,2-8H2,1H3,(H2,15,17). The second kappa shape index (κ2) is 4.49. The van der Waals surface area contributed by atoms with Gasteiger partial charge in [0.05, 0.1) is 0 Å². The van der Waals surface area contributed by atoms with E-state index in [1.54, 1.807) is 0 Å². The van der Waals surface area contributed by atoms with E-state index in [2.05, 4.69) is 12.4 Å². The predicted octanol–water partition coefficient (Wildman–Crippen LogP) is 1.60. The van der Waals surface area contributed by atoms with Gasteiger partial charge in [-0.15, -0.1) is 0 Å². The lowest BCUT2D eigenvalue weighted by Crippen LogP contribution is -2.55. The topological polar surface area (TPSA) is 64.3 Å². The van der Waals surface area contributed by atoms with Crippen LogP contribution in [0.3, 0.4) is 0 Å². The van der Waals surface area contributed by atoms with Crippen LogP contribution in [0.15, 0.2) is 0 Å². The highest BCUT2D eigenvalue weighted by atomic mass is 16.6. The van der Waals surface area contributed by atoms with Crippen molar-refractivity contribution in [1.82, 2.24) is 5.48 Å². The van der Waals surface area contributed by atoms with Crippen molar-refractivity contribution in [2.45, 2.75) is 51.5 Å². The van der Waals surface area contributed by atoms with E-state index in [4.69, 9.17) is 10.6 Å². The van der Waals surface area contributed by atoms with Crippen LogP contribution in [0.4, 0.5) is 0 Å². The number of nitrogens with one attached hydrogen (secondary N) is 1. The zero-order chi connectivity index (χ0) is 12.8. The molecule has 0 aliphatic heterocycles. The number of hydrogen-bond donors (Lipinski definition) is 2. The number of hydroxylamine groups is 1. The molecule has 0 heterocycles. The third kappa shape index (κ3) is 2.16.